The van der Waals surface area contributed by atoms with Crippen molar-refractivity contribution >= 4 is 5.96 Å². The maximum Gasteiger partial charge on any atom is 0.191 e. The Kier molecular flexibility index (Phi) is 7.93. The molecule has 1 aromatic rings. The highest BCUT2D eigenvalue weighted by atomic mass is 16.5. The van der Waals surface area contributed by atoms with Crippen LogP contribution in [0.25, 0.3) is 0 Å². The number of rotatable bonds is 8. The summed E-state index contributed by atoms with van der Waals surface area (Å²) in [4.78, 5) is 6.87. The van der Waals surface area contributed by atoms with Crippen molar-refractivity contribution in [2.75, 3.05) is 46.4 Å². The molecule has 6 nitrogen and oxygen atoms in total. The van der Waals surface area contributed by atoms with Gasteiger partial charge in [0, 0.05) is 39.3 Å². The molecular formula is C21H34N4O2. The molecule has 0 aromatic heterocycles. The van der Waals surface area contributed by atoms with Crippen LogP contribution in [-0.2, 0) is 9.47 Å². The first-order chi connectivity index (χ1) is 13.3. The van der Waals surface area contributed by atoms with Crippen LogP contribution in [0.3, 0.4) is 0 Å². The van der Waals surface area contributed by atoms with Gasteiger partial charge in [-0.05, 0) is 38.3 Å². The third-order valence-electron chi connectivity index (χ3n) is 5.43. The molecule has 0 spiro atoms. The molecule has 27 heavy (non-hydrogen) atoms. The topological polar surface area (TPSA) is 58.1 Å². The van der Waals surface area contributed by atoms with E-state index >= 15 is 0 Å². The molecule has 0 aliphatic carbocycles. The number of nitrogens with one attached hydrogen (secondary N) is 2. The molecule has 3 rings (SSSR count). The number of ether oxygens (including phenoxy) is 2. The number of benzene rings is 1. The number of fused-ring (bicyclic) bond motifs is 1. The van der Waals surface area contributed by atoms with Gasteiger partial charge in [0.2, 0.25) is 0 Å². The van der Waals surface area contributed by atoms with Crippen molar-refractivity contribution in [1.29, 1.82) is 0 Å². The maximum absolute atomic E-state index is 5.99. The van der Waals surface area contributed by atoms with Gasteiger partial charge < -0.3 is 20.1 Å². The second kappa shape index (κ2) is 10.6. The van der Waals surface area contributed by atoms with Gasteiger partial charge in [-0.15, -0.1) is 0 Å². The van der Waals surface area contributed by atoms with E-state index in [1.807, 2.05) is 25.2 Å². The van der Waals surface area contributed by atoms with Gasteiger partial charge in [0.25, 0.3) is 0 Å². The van der Waals surface area contributed by atoms with Gasteiger partial charge in [-0.2, -0.15) is 0 Å². The van der Waals surface area contributed by atoms with Gasteiger partial charge >= 0.3 is 0 Å². The van der Waals surface area contributed by atoms with Crippen molar-refractivity contribution in [3.05, 3.63) is 35.9 Å². The minimum absolute atomic E-state index is 0.126. The Labute approximate surface area is 163 Å². The molecule has 0 amide bonds. The molecule has 2 heterocycles. The van der Waals surface area contributed by atoms with E-state index in [0.29, 0.717) is 6.04 Å². The van der Waals surface area contributed by atoms with E-state index in [1.54, 1.807) is 0 Å². The summed E-state index contributed by atoms with van der Waals surface area (Å²) in [6.45, 7) is 7.57. The van der Waals surface area contributed by atoms with Crippen LogP contribution in [0.2, 0.25) is 0 Å². The number of morpholine rings is 1. The summed E-state index contributed by atoms with van der Waals surface area (Å²) in [5.41, 5.74) is 1.22. The lowest BCUT2D eigenvalue weighted by atomic mass is 10.1. The first kappa shape index (κ1) is 20.1. The summed E-state index contributed by atoms with van der Waals surface area (Å²) in [6, 6.07) is 11.0. The van der Waals surface area contributed by atoms with Crippen LogP contribution in [0, 0.1) is 0 Å². The third-order valence-corrected chi connectivity index (χ3v) is 5.43. The number of aliphatic imine (C=N–C) groups is 1. The minimum Gasteiger partial charge on any atom is -0.374 e. The Hall–Kier alpha value is -1.63. The fourth-order valence-electron chi connectivity index (χ4n) is 3.80. The van der Waals surface area contributed by atoms with E-state index in [1.165, 1.54) is 24.9 Å². The van der Waals surface area contributed by atoms with E-state index in [2.05, 4.69) is 39.6 Å². The smallest absolute Gasteiger partial charge is 0.191 e. The van der Waals surface area contributed by atoms with Crippen LogP contribution in [0.5, 0.6) is 0 Å². The summed E-state index contributed by atoms with van der Waals surface area (Å²) in [5, 5.41) is 6.75. The van der Waals surface area contributed by atoms with E-state index in [-0.39, 0.29) is 12.2 Å². The highest BCUT2D eigenvalue weighted by Crippen LogP contribution is 2.22. The zero-order valence-electron chi connectivity index (χ0n) is 16.7. The molecule has 3 unspecified atom stereocenters. The fraction of sp³-hybridized carbons (Fsp3) is 0.667. The second-order valence-corrected chi connectivity index (χ2v) is 7.40. The SMILES string of the molecule is CN=C(NCCCOC(C)c1ccccc1)NCC1CN2CCCC2CO1. The van der Waals surface area contributed by atoms with Crippen LogP contribution in [-0.4, -0.2) is 69.4 Å². The second-order valence-electron chi connectivity index (χ2n) is 7.40. The lowest BCUT2D eigenvalue weighted by Gasteiger charge is -2.35. The van der Waals surface area contributed by atoms with Crippen molar-refractivity contribution in [3.63, 3.8) is 0 Å². The molecule has 2 fully saturated rings. The lowest BCUT2D eigenvalue weighted by Crippen LogP contribution is -2.51. The zero-order chi connectivity index (χ0) is 18.9. The van der Waals surface area contributed by atoms with E-state index in [9.17, 15) is 0 Å². The van der Waals surface area contributed by atoms with Gasteiger partial charge in [-0.1, -0.05) is 30.3 Å². The highest BCUT2D eigenvalue weighted by molar-refractivity contribution is 5.79. The molecular weight excluding hydrogens is 340 g/mol. The maximum atomic E-state index is 5.99. The number of guanidine groups is 1. The lowest BCUT2D eigenvalue weighted by molar-refractivity contribution is -0.0453. The van der Waals surface area contributed by atoms with Gasteiger partial charge in [0.15, 0.2) is 5.96 Å². The van der Waals surface area contributed by atoms with Crippen LogP contribution >= 0.6 is 0 Å². The number of nitrogens with zero attached hydrogens (tertiary/aromatic N) is 2. The molecule has 0 bridgehead atoms. The molecule has 6 heteroatoms. The quantitative estimate of drug-likeness (QED) is 0.415. The Morgan fingerprint density at radius 3 is 3.00 bits per heavy atom. The van der Waals surface area contributed by atoms with Gasteiger partial charge in [0.1, 0.15) is 0 Å². The van der Waals surface area contributed by atoms with Crippen molar-refractivity contribution < 1.29 is 9.47 Å². The van der Waals surface area contributed by atoms with Crippen LogP contribution in [0.1, 0.15) is 37.9 Å². The molecule has 2 aliphatic rings. The average Bonchev–Trinajstić information content (AvgIpc) is 3.18. The van der Waals surface area contributed by atoms with Gasteiger partial charge in [-0.25, -0.2) is 0 Å². The molecule has 2 saturated heterocycles. The first-order valence-corrected chi connectivity index (χ1v) is 10.2. The van der Waals surface area contributed by atoms with Gasteiger partial charge in [0.05, 0.1) is 18.8 Å². The third kappa shape index (κ3) is 6.19. The summed E-state index contributed by atoms with van der Waals surface area (Å²) in [7, 11) is 1.81. The van der Waals surface area contributed by atoms with E-state index < -0.39 is 0 Å². The molecule has 2 N–H and O–H groups in total. The summed E-state index contributed by atoms with van der Waals surface area (Å²) >= 11 is 0. The largest absolute Gasteiger partial charge is 0.374 e. The van der Waals surface area contributed by atoms with Crippen molar-refractivity contribution in [2.24, 2.45) is 4.99 Å². The number of hydrogen-bond donors (Lipinski definition) is 2. The van der Waals surface area contributed by atoms with Crippen molar-refractivity contribution in [3.8, 4) is 0 Å². The Balaban J connectivity index is 1.27. The molecule has 1 aromatic carbocycles. The zero-order valence-corrected chi connectivity index (χ0v) is 16.7. The molecule has 0 radical (unpaired) electrons. The first-order valence-electron chi connectivity index (χ1n) is 10.2. The molecule has 0 saturated carbocycles. The fourth-order valence-corrected chi connectivity index (χ4v) is 3.80. The Morgan fingerprint density at radius 2 is 2.19 bits per heavy atom. The predicted octanol–water partition coefficient (Wildman–Crippen LogP) is 2.18. The minimum atomic E-state index is 0.126. The van der Waals surface area contributed by atoms with Crippen molar-refractivity contribution in [2.45, 2.75) is 44.4 Å². The van der Waals surface area contributed by atoms with Crippen LogP contribution in [0.15, 0.2) is 35.3 Å². The summed E-state index contributed by atoms with van der Waals surface area (Å²) < 4.78 is 11.9. The Bertz CT molecular complexity index is 581. The Morgan fingerprint density at radius 1 is 1.33 bits per heavy atom. The predicted molar refractivity (Wildman–Crippen MR) is 109 cm³/mol. The van der Waals surface area contributed by atoms with Gasteiger partial charge in [-0.3, -0.25) is 9.89 Å². The van der Waals surface area contributed by atoms with E-state index in [0.717, 1.165) is 45.2 Å². The average molecular weight is 375 g/mol. The summed E-state index contributed by atoms with van der Waals surface area (Å²) in [5.74, 6) is 0.832. The number of hydrogen-bond acceptors (Lipinski definition) is 4. The molecule has 2 aliphatic heterocycles. The monoisotopic (exact) mass is 374 g/mol. The highest BCUT2D eigenvalue weighted by Gasteiger charge is 2.32. The molecule has 150 valence electrons. The summed E-state index contributed by atoms with van der Waals surface area (Å²) in [6.07, 6.45) is 3.90. The van der Waals surface area contributed by atoms with E-state index in [4.69, 9.17) is 9.47 Å². The standard InChI is InChI=1S/C21H34N4O2/c1-17(18-8-4-3-5-9-18)26-13-7-11-23-21(22-2)24-14-20-15-25-12-6-10-19(25)16-27-20/h3-5,8-9,17,19-20H,6-7,10-16H2,1-2H3,(H2,22,23,24). The normalized spacial score (nSPS) is 24.4. The van der Waals surface area contributed by atoms with Crippen molar-refractivity contribution in [1.82, 2.24) is 15.5 Å². The van der Waals surface area contributed by atoms with Crippen LogP contribution in [0.4, 0.5) is 0 Å². The van der Waals surface area contributed by atoms with Crippen LogP contribution < -0.4 is 10.6 Å². The molecule has 3 atom stereocenters.